The van der Waals surface area contributed by atoms with Gasteiger partial charge in [-0.25, -0.2) is 5.84 Å². The van der Waals surface area contributed by atoms with E-state index in [1.165, 1.54) is 0 Å². The molecule has 0 aliphatic carbocycles. The number of carbonyl (C=O) groups excluding carboxylic acids is 1. The van der Waals surface area contributed by atoms with E-state index < -0.39 is 5.41 Å². The first-order chi connectivity index (χ1) is 8.28. The van der Waals surface area contributed by atoms with Crippen molar-refractivity contribution in [2.24, 2.45) is 17.2 Å². The Morgan fingerprint density at radius 1 is 1.28 bits per heavy atom. The molecule has 0 fully saturated rings. The summed E-state index contributed by atoms with van der Waals surface area (Å²) >= 11 is 0. The lowest BCUT2D eigenvalue weighted by molar-refractivity contribution is -0.130. The van der Waals surface area contributed by atoms with E-state index in [4.69, 9.17) is 5.84 Å². The van der Waals surface area contributed by atoms with Crippen LogP contribution < -0.4 is 11.3 Å². The summed E-state index contributed by atoms with van der Waals surface area (Å²) in [7, 11) is 0. The number of nitrogens with two attached hydrogens (primary N) is 1. The van der Waals surface area contributed by atoms with Gasteiger partial charge < -0.3 is 0 Å². The fraction of sp³-hybridized carbons (Fsp3) is 0.929. The van der Waals surface area contributed by atoms with E-state index in [2.05, 4.69) is 38.0 Å². The maximum atomic E-state index is 11.8. The molecule has 0 heterocycles. The van der Waals surface area contributed by atoms with Gasteiger partial charge in [0.05, 0.1) is 5.41 Å². The molecular weight excluding hydrogens is 226 g/mol. The second-order valence-electron chi connectivity index (χ2n) is 6.15. The predicted octanol–water partition coefficient (Wildman–Crippen LogP) is 2.15. The molecule has 0 unspecified atom stereocenters. The fourth-order valence-electron chi connectivity index (χ4n) is 2.39. The zero-order chi connectivity index (χ0) is 14.3. The summed E-state index contributed by atoms with van der Waals surface area (Å²) in [5.74, 6) is 5.76. The molecule has 108 valence electrons. The molecule has 0 aliphatic heterocycles. The molecular formula is C14H31N3O. The molecule has 0 saturated carbocycles. The first kappa shape index (κ1) is 17.4. The van der Waals surface area contributed by atoms with Crippen molar-refractivity contribution in [1.29, 1.82) is 0 Å². The summed E-state index contributed by atoms with van der Waals surface area (Å²) in [5, 5.41) is 0. The molecule has 1 amide bonds. The lowest BCUT2D eigenvalue weighted by Crippen LogP contribution is -2.50. The van der Waals surface area contributed by atoms with Gasteiger partial charge in [0.2, 0.25) is 5.91 Å². The van der Waals surface area contributed by atoms with Gasteiger partial charge in [0, 0.05) is 19.1 Å². The maximum absolute atomic E-state index is 11.8. The molecule has 0 bridgehead atoms. The summed E-state index contributed by atoms with van der Waals surface area (Å²) in [4.78, 5) is 14.2. The predicted molar refractivity (Wildman–Crippen MR) is 76.9 cm³/mol. The zero-order valence-corrected chi connectivity index (χ0v) is 12.9. The number of hydrogen-bond acceptors (Lipinski definition) is 3. The number of rotatable bonds is 8. The first-order valence-corrected chi connectivity index (χ1v) is 7.03. The highest BCUT2D eigenvalue weighted by atomic mass is 16.2. The fourth-order valence-corrected chi connectivity index (χ4v) is 2.39. The summed E-state index contributed by atoms with van der Waals surface area (Å²) in [6, 6.07) is 0.539. The van der Waals surface area contributed by atoms with Crippen molar-refractivity contribution >= 4 is 5.91 Å². The maximum Gasteiger partial charge on any atom is 0.240 e. The van der Waals surface area contributed by atoms with Crippen LogP contribution in [0.15, 0.2) is 0 Å². The van der Waals surface area contributed by atoms with Gasteiger partial charge in [-0.05, 0) is 32.6 Å². The number of hydrazine groups is 1. The number of nitrogens with zero attached hydrogens (tertiary/aromatic N) is 1. The Labute approximate surface area is 112 Å². The van der Waals surface area contributed by atoms with E-state index in [0.29, 0.717) is 12.0 Å². The molecule has 4 heteroatoms. The Morgan fingerprint density at radius 2 is 1.78 bits per heavy atom. The molecule has 0 radical (unpaired) electrons. The third-order valence-corrected chi connectivity index (χ3v) is 3.40. The molecule has 0 aromatic heterocycles. The summed E-state index contributed by atoms with van der Waals surface area (Å²) in [6.45, 7) is 14.5. The molecule has 18 heavy (non-hydrogen) atoms. The average Bonchev–Trinajstić information content (AvgIpc) is 2.28. The molecule has 4 nitrogen and oxygen atoms in total. The third-order valence-electron chi connectivity index (χ3n) is 3.40. The van der Waals surface area contributed by atoms with Crippen LogP contribution in [0.3, 0.4) is 0 Å². The van der Waals surface area contributed by atoms with Crippen molar-refractivity contribution in [1.82, 2.24) is 10.3 Å². The molecule has 3 N–H and O–H groups in total. The van der Waals surface area contributed by atoms with Crippen molar-refractivity contribution in [3.63, 3.8) is 0 Å². The van der Waals surface area contributed by atoms with Crippen LogP contribution >= 0.6 is 0 Å². The topological polar surface area (TPSA) is 58.4 Å². The van der Waals surface area contributed by atoms with Gasteiger partial charge in [-0.1, -0.05) is 27.7 Å². The first-order valence-electron chi connectivity index (χ1n) is 7.03. The average molecular weight is 257 g/mol. The minimum atomic E-state index is -0.452. The van der Waals surface area contributed by atoms with E-state index in [9.17, 15) is 4.79 Å². The third kappa shape index (κ3) is 5.36. The number of hydrogen-bond donors (Lipinski definition) is 2. The summed E-state index contributed by atoms with van der Waals surface area (Å²) < 4.78 is 0. The Balaban J connectivity index is 4.82. The van der Waals surface area contributed by atoms with Crippen LogP contribution in [0.2, 0.25) is 0 Å². The minimum absolute atomic E-state index is 0.0952. The molecule has 0 aromatic rings. The Kier molecular flexibility index (Phi) is 7.48. The van der Waals surface area contributed by atoms with Gasteiger partial charge in [-0.2, -0.15) is 0 Å². The summed E-state index contributed by atoms with van der Waals surface area (Å²) in [6.07, 6.45) is 2.23. The van der Waals surface area contributed by atoms with Crippen LogP contribution in [0.25, 0.3) is 0 Å². The van der Waals surface area contributed by atoms with Crippen LogP contribution in [0.4, 0.5) is 0 Å². The van der Waals surface area contributed by atoms with Gasteiger partial charge in [0.1, 0.15) is 0 Å². The zero-order valence-electron chi connectivity index (χ0n) is 12.9. The van der Waals surface area contributed by atoms with Crippen LogP contribution in [-0.4, -0.2) is 29.9 Å². The number of carbonyl (C=O) groups is 1. The quantitative estimate of drug-likeness (QED) is 0.398. The molecule has 0 saturated heterocycles. The largest absolute Gasteiger partial charge is 0.299 e. The van der Waals surface area contributed by atoms with Gasteiger partial charge in [0.25, 0.3) is 0 Å². The lowest BCUT2D eigenvalue weighted by atomic mass is 9.90. The number of nitrogens with one attached hydrogen (secondary N) is 1. The van der Waals surface area contributed by atoms with Crippen molar-refractivity contribution in [3.8, 4) is 0 Å². The van der Waals surface area contributed by atoms with Gasteiger partial charge >= 0.3 is 0 Å². The minimum Gasteiger partial charge on any atom is -0.299 e. The van der Waals surface area contributed by atoms with E-state index in [1.807, 2.05) is 13.8 Å². The van der Waals surface area contributed by atoms with Gasteiger partial charge in [-0.3, -0.25) is 15.1 Å². The second kappa shape index (κ2) is 7.74. The molecule has 0 atom stereocenters. The van der Waals surface area contributed by atoms with Crippen molar-refractivity contribution in [2.45, 2.75) is 60.4 Å². The molecule has 0 aliphatic rings. The normalized spacial score (nSPS) is 12.6. The van der Waals surface area contributed by atoms with Gasteiger partial charge in [0.15, 0.2) is 0 Å². The Bertz CT molecular complexity index is 247. The molecule has 0 spiro atoms. The molecule has 0 aromatic carbocycles. The molecule has 0 rings (SSSR count). The van der Waals surface area contributed by atoms with E-state index in [-0.39, 0.29) is 5.91 Å². The Hall–Kier alpha value is -0.610. The standard InChI is InChI=1S/C14H31N3O/c1-7-12(8-2)17(9-11(3)4)10-14(5,6)13(18)16-15/h11-12H,7-10,15H2,1-6H3,(H,16,18). The summed E-state index contributed by atoms with van der Waals surface area (Å²) in [5.41, 5.74) is 1.82. The smallest absolute Gasteiger partial charge is 0.240 e. The van der Waals surface area contributed by atoms with Gasteiger partial charge in [-0.15, -0.1) is 0 Å². The lowest BCUT2D eigenvalue weighted by Gasteiger charge is -2.37. The second-order valence-corrected chi connectivity index (χ2v) is 6.15. The SMILES string of the molecule is CCC(CC)N(CC(C)C)CC(C)(C)C(=O)NN. The van der Waals surface area contributed by atoms with Crippen LogP contribution in [0, 0.1) is 11.3 Å². The number of amides is 1. The Morgan fingerprint density at radius 3 is 2.11 bits per heavy atom. The van der Waals surface area contributed by atoms with Crippen LogP contribution in [0.1, 0.15) is 54.4 Å². The highest BCUT2D eigenvalue weighted by molar-refractivity contribution is 5.81. The van der Waals surface area contributed by atoms with Crippen LogP contribution in [-0.2, 0) is 4.79 Å². The van der Waals surface area contributed by atoms with E-state index in [1.54, 1.807) is 0 Å². The van der Waals surface area contributed by atoms with Crippen molar-refractivity contribution in [2.75, 3.05) is 13.1 Å². The van der Waals surface area contributed by atoms with E-state index >= 15 is 0 Å². The van der Waals surface area contributed by atoms with E-state index in [0.717, 1.165) is 25.9 Å². The highest BCUT2D eigenvalue weighted by Crippen LogP contribution is 2.21. The van der Waals surface area contributed by atoms with Crippen molar-refractivity contribution < 1.29 is 4.79 Å². The van der Waals surface area contributed by atoms with Crippen molar-refractivity contribution in [3.05, 3.63) is 0 Å². The monoisotopic (exact) mass is 257 g/mol. The van der Waals surface area contributed by atoms with Crippen LogP contribution in [0.5, 0.6) is 0 Å². The highest BCUT2D eigenvalue weighted by Gasteiger charge is 2.31.